The predicted octanol–water partition coefficient (Wildman–Crippen LogP) is 1.29. The van der Waals surface area contributed by atoms with Crippen LogP contribution in [0, 0.1) is 0 Å². The molecule has 1 fully saturated rings. The van der Waals surface area contributed by atoms with E-state index in [1.54, 1.807) is 14.2 Å². The lowest BCUT2D eigenvalue weighted by molar-refractivity contribution is 0.119. The first-order chi connectivity index (χ1) is 11.0. The summed E-state index contributed by atoms with van der Waals surface area (Å²) in [7, 11) is 7.50. The second-order valence-electron chi connectivity index (χ2n) is 5.81. The minimum Gasteiger partial charge on any atom is -0.497 e. The topological polar surface area (TPSA) is 75.3 Å². The number of guanidine groups is 1. The molecule has 2 rings (SSSR count). The number of nitrogens with zero attached hydrogens (tertiary/aromatic N) is 3. The van der Waals surface area contributed by atoms with Gasteiger partial charge >= 0.3 is 0 Å². The normalized spacial score (nSPS) is 19.5. The first-order valence-corrected chi connectivity index (χ1v) is 7.71. The minimum absolute atomic E-state index is 0. The summed E-state index contributed by atoms with van der Waals surface area (Å²) in [6.45, 7) is 3.79. The van der Waals surface area contributed by atoms with Crippen LogP contribution < -0.4 is 20.5 Å². The van der Waals surface area contributed by atoms with Crippen molar-refractivity contribution >= 4 is 35.6 Å². The van der Waals surface area contributed by atoms with Crippen LogP contribution in [0.1, 0.15) is 0 Å². The Morgan fingerprint density at radius 3 is 2.71 bits per heavy atom. The number of ether oxygens (including phenoxy) is 2. The third kappa shape index (κ3) is 5.67. The van der Waals surface area contributed by atoms with E-state index in [1.807, 2.05) is 18.2 Å². The van der Waals surface area contributed by atoms with E-state index >= 15 is 0 Å². The third-order valence-corrected chi connectivity index (χ3v) is 4.12. The fourth-order valence-electron chi connectivity index (χ4n) is 2.59. The van der Waals surface area contributed by atoms with Gasteiger partial charge in [-0.15, -0.1) is 24.0 Å². The van der Waals surface area contributed by atoms with Crippen LogP contribution in [-0.4, -0.2) is 76.3 Å². The van der Waals surface area contributed by atoms with Crippen molar-refractivity contribution in [2.45, 2.75) is 6.04 Å². The van der Waals surface area contributed by atoms with Crippen molar-refractivity contribution in [3.63, 3.8) is 0 Å². The third-order valence-electron chi connectivity index (χ3n) is 4.12. The van der Waals surface area contributed by atoms with Gasteiger partial charge < -0.3 is 25.4 Å². The van der Waals surface area contributed by atoms with E-state index in [2.05, 4.69) is 34.2 Å². The highest BCUT2D eigenvalue weighted by molar-refractivity contribution is 14.0. The van der Waals surface area contributed by atoms with Gasteiger partial charge in [-0.25, -0.2) is 0 Å². The zero-order valence-corrected chi connectivity index (χ0v) is 17.1. The Bertz CT molecular complexity index is 555. The molecule has 0 radical (unpaired) electrons. The highest BCUT2D eigenvalue weighted by Crippen LogP contribution is 2.28. The lowest BCUT2D eigenvalue weighted by Gasteiger charge is -2.36. The van der Waals surface area contributed by atoms with Crippen LogP contribution in [0.3, 0.4) is 0 Å². The fraction of sp³-hybridized carbons (Fsp3) is 0.562. The first kappa shape index (κ1) is 20.8. The quantitative estimate of drug-likeness (QED) is 0.401. The van der Waals surface area contributed by atoms with E-state index < -0.39 is 0 Å². The van der Waals surface area contributed by atoms with Crippen molar-refractivity contribution in [2.75, 3.05) is 59.8 Å². The van der Waals surface area contributed by atoms with Crippen LogP contribution in [0.5, 0.6) is 11.5 Å². The zero-order chi connectivity index (χ0) is 16.8. The maximum absolute atomic E-state index is 6.03. The summed E-state index contributed by atoms with van der Waals surface area (Å²) in [5.74, 6) is 1.80. The van der Waals surface area contributed by atoms with Crippen LogP contribution >= 0.6 is 24.0 Å². The number of benzene rings is 1. The van der Waals surface area contributed by atoms with E-state index in [0.717, 1.165) is 31.1 Å². The Morgan fingerprint density at radius 2 is 2.04 bits per heavy atom. The van der Waals surface area contributed by atoms with Crippen LogP contribution in [0.4, 0.5) is 5.69 Å². The van der Waals surface area contributed by atoms with E-state index in [4.69, 9.17) is 15.2 Å². The SMILES string of the molecule is COc1ccc(OC)c(NC(N)=NCC2CN(C)CCN2C)c1.I. The average molecular weight is 449 g/mol. The summed E-state index contributed by atoms with van der Waals surface area (Å²) in [5, 5.41) is 3.09. The number of anilines is 1. The fourth-order valence-corrected chi connectivity index (χ4v) is 2.59. The highest BCUT2D eigenvalue weighted by Gasteiger charge is 2.21. The van der Waals surface area contributed by atoms with Gasteiger partial charge in [-0.1, -0.05) is 0 Å². The number of nitrogens with one attached hydrogen (secondary N) is 1. The van der Waals surface area contributed by atoms with Crippen LogP contribution in [-0.2, 0) is 0 Å². The first-order valence-electron chi connectivity index (χ1n) is 7.71. The molecule has 1 heterocycles. The number of hydrogen-bond acceptors (Lipinski definition) is 5. The van der Waals surface area contributed by atoms with Gasteiger partial charge in [0, 0.05) is 31.7 Å². The number of methoxy groups -OCH3 is 2. The molecule has 8 heteroatoms. The van der Waals surface area contributed by atoms with E-state index in [1.165, 1.54) is 0 Å². The molecule has 0 spiro atoms. The molecule has 1 aromatic rings. The van der Waals surface area contributed by atoms with E-state index in [9.17, 15) is 0 Å². The zero-order valence-electron chi connectivity index (χ0n) is 14.8. The Labute approximate surface area is 161 Å². The van der Waals surface area contributed by atoms with Gasteiger partial charge in [0.15, 0.2) is 5.96 Å². The number of piperazine rings is 1. The summed E-state index contributed by atoms with van der Waals surface area (Å²) in [6, 6.07) is 5.88. The molecule has 1 aliphatic heterocycles. The van der Waals surface area contributed by atoms with Gasteiger partial charge in [0.2, 0.25) is 0 Å². The van der Waals surface area contributed by atoms with Gasteiger partial charge in [-0.3, -0.25) is 9.89 Å². The molecule has 1 unspecified atom stereocenters. The largest absolute Gasteiger partial charge is 0.497 e. The maximum atomic E-state index is 6.03. The number of halogens is 1. The summed E-state index contributed by atoms with van der Waals surface area (Å²) in [5.41, 5.74) is 6.77. The Morgan fingerprint density at radius 1 is 1.29 bits per heavy atom. The molecule has 24 heavy (non-hydrogen) atoms. The predicted molar refractivity (Wildman–Crippen MR) is 109 cm³/mol. The maximum Gasteiger partial charge on any atom is 0.193 e. The number of rotatable bonds is 5. The molecule has 0 amide bonds. The number of likely N-dealkylation sites (N-methyl/N-ethyl adjacent to an activating group) is 2. The van der Waals surface area contributed by atoms with Crippen molar-refractivity contribution in [1.82, 2.24) is 9.80 Å². The number of nitrogens with two attached hydrogens (primary N) is 1. The van der Waals surface area contributed by atoms with Crippen LogP contribution in [0.15, 0.2) is 23.2 Å². The Kier molecular flexibility index (Phi) is 8.57. The molecule has 1 saturated heterocycles. The lowest BCUT2D eigenvalue weighted by atomic mass is 10.2. The Balaban J connectivity index is 0.00000288. The van der Waals surface area contributed by atoms with Crippen molar-refractivity contribution in [3.05, 3.63) is 18.2 Å². The van der Waals surface area contributed by atoms with Gasteiger partial charge in [0.25, 0.3) is 0 Å². The van der Waals surface area contributed by atoms with Gasteiger partial charge in [-0.05, 0) is 26.2 Å². The van der Waals surface area contributed by atoms with Gasteiger partial charge in [0.1, 0.15) is 11.5 Å². The number of aliphatic imine (C=N–C) groups is 1. The molecule has 1 aromatic carbocycles. The molecule has 0 bridgehead atoms. The van der Waals surface area contributed by atoms with Gasteiger partial charge in [-0.2, -0.15) is 0 Å². The molecular formula is C16H28IN5O2. The van der Waals surface area contributed by atoms with E-state index in [0.29, 0.717) is 24.3 Å². The number of hydrogen-bond donors (Lipinski definition) is 2. The van der Waals surface area contributed by atoms with E-state index in [-0.39, 0.29) is 24.0 Å². The summed E-state index contributed by atoms with van der Waals surface area (Å²) < 4.78 is 10.6. The average Bonchev–Trinajstić information content (AvgIpc) is 2.55. The van der Waals surface area contributed by atoms with Crippen molar-refractivity contribution < 1.29 is 9.47 Å². The Hall–Kier alpha value is -1.26. The minimum atomic E-state index is 0. The smallest absolute Gasteiger partial charge is 0.193 e. The monoisotopic (exact) mass is 449 g/mol. The van der Waals surface area contributed by atoms with Crippen LogP contribution in [0.2, 0.25) is 0 Å². The molecular weight excluding hydrogens is 421 g/mol. The molecule has 0 aromatic heterocycles. The van der Waals surface area contributed by atoms with Crippen molar-refractivity contribution in [2.24, 2.45) is 10.7 Å². The molecule has 0 aliphatic carbocycles. The second kappa shape index (κ2) is 9.90. The molecule has 136 valence electrons. The molecule has 3 N–H and O–H groups in total. The molecule has 1 atom stereocenters. The highest BCUT2D eigenvalue weighted by atomic mass is 127. The molecule has 1 aliphatic rings. The van der Waals surface area contributed by atoms with Crippen molar-refractivity contribution in [3.8, 4) is 11.5 Å². The summed E-state index contributed by atoms with van der Waals surface area (Å²) >= 11 is 0. The van der Waals surface area contributed by atoms with Gasteiger partial charge in [0.05, 0.1) is 26.5 Å². The molecule has 0 saturated carbocycles. The molecule has 7 nitrogen and oxygen atoms in total. The van der Waals surface area contributed by atoms with Crippen molar-refractivity contribution in [1.29, 1.82) is 0 Å². The summed E-state index contributed by atoms with van der Waals surface area (Å²) in [4.78, 5) is 9.11. The lowest BCUT2D eigenvalue weighted by Crippen LogP contribution is -2.51. The standard InChI is InChI=1S/C16H27N5O2.HI/c1-20-7-8-21(2)12(11-20)10-18-16(17)19-14-9-13(22-3)5-6-15(14)23-4;/h5-6,9,12H,7-8,10-11H2,1-4H3,(H3,17,18,19);1H. The second-order valence-corrected chi connectivity index (χ2v) is 5.81. The van der Waals surface area contributed by atoms with Crippen LogP contribution in [0.25, 0.3) is 0 Å². The summed E-state index contributed by atoms with van der Waals surface area (Å²) in [6.07, 6.45) is 0.